The molecule has 3 unspecified atom stereocenters. The van der Waals surface area contributed by atoms with Crippen molar-refractivity contribution in [3.05, 3.63) is 204 Å². The molecule has 0 fully saturated rings. The van der Waals surface area contributed by atoms with Gasteiger partial charge in [-0.05, 0) is 93.6 Å². The van der Waals surface area contributed by atoms with Gasteiger partial charge < -0.3 is 4.57 Å². The predicted octanol–water partition coefficient (Wildman–Crippen LogP) is 13.2. The minimum atomic E-state index is -0.112. The Morgan fingerprint density at radius 3 is 2.21 bits per heavy atom. The summed E-state index contributed by atoms with van der Waals surface area (Å²) in [7, 11) is 0. The fourth-order valence-corrected chi connectivity index (χ4v) is 10.1. The quantitative estimate of drug-likeness (QED) is 0.166. The van der Waals surface area contributed by atoms with Crippen LogP contribution in [0.15, 0.2) is 176 Å². The third-order valence-corrected chi connectivity index (χ3v) is 12.7. The van der Waals surface area contributed by atoms with E-state index in [9.17, 15) is 0 Å². The van der Waals surface area contributed by atoms with E-state index in [1.54, 1.807) is 0 Å². The second-order valence-electron chi connectivity index (χ2n) is 16.1. The maximum Gasteiger partial charge on any atom is 0.0706 e. The summed E-state index contributed by atoms with van der Waals surface area (Å²) in [6.45, 7) is 4.75. The zero-order valence-corrected chi connectivity index (χ0v) is 31.6. The first-order chi connectivity index (χ1) is 27.6. The van der Waals surface area contributed by atoms with Gasteiger partial charge in [-0.25, -0.2) is 0 Å². The summed E-state index contributed by atoms with van der Waals surface area (Å²) >= 11 is 0. The topological polar surface area (TPSA) is 30.7 Å². The van der Waals surface area contributed by atoms with Gasteiger partial charge in [0.25, 0.3) is 0 Å². The lowest BCUT2D eigenvalue weighted by molar-refractivity contribution is 0.440. The van der Waals surface area contributed by atoms with Crippen LogP contribution in [0.1, 0.15) is 60.1 Å². The Hall–Kier alpha value is -6.58. The third-order valence-electron chi connectivity index (χ3n) is 12.7. The van der Waals surface area contributed by atoms with Crippen molar-refractivity contribution >= 4 is 17.0 Å². The summed E-state index contributed by atoms with van der Waals surface area (Å²) in [5.74, 6) is 0.815. The fourth-order valence-electron chi connectivity index (χ4n) is 10.1. The molecule has 0 amide bonds. The number of rotatable bonds is 5. The summed E-state index contributed by atoms with van der Waals surface area (Å²) in [4.78, 5) is 9.46. The molecule has 3 aliphatic carbocycles. The summed E-state index contributed by atoms with van der Waals surface area (Å²) in [6.07, 6.45) is 14.4. The van der Waals surface area contributed by atoms with Crippen molar-refractivity contribution in [1.29, 1.82) is 0 Å². The molecule has 3 heterocycles. The van der Waals surface area contributed by atoms with Crippen molar-refractivity contribution in [2.75, 3.05) is 0 Å². The third kappa shape index (κ3) is 4.97. The Morgan fingerprint density at radius 1 is 0.643 bits per heavy atom. The van der Waals surface area contributed by atoms with E-state index in [0.717, 1.165) is 23.4 Å². The van der Waals surface area contributed by atoms with Gasteiger partial charge in [0.15, 0.2) is 0 Å². The summed E-state index contributed by atoms with van der Waals surface area (Å²) in [5.41, 5.74) is 18.6. The molecular weight excluding hydrogens is 679 g/mol. The SMILES string of the molecule is CC1(C)c2ccccc2-c2ccc(-n3c(-c4ccccc4)c(-c4ccccc4)c4ccc5c(c43)C=CC3C(c4cccc(-c6ccncc6)n4)C=CCC53)cc21. The van der Waals surface area contributed by atoms with Crippen LogP contribution >= 0.6 is 0 Å². The molecule has 0 aliphatic heterocycles. The highest BCUT2D eigenvalue weighted by molar-refractivity contribution is 6.09. The molecule has 3 aromatic heterocycles. The minimum Gasteiger partial charge on any atom is -0.308 e. The number of aromatic nitrogens is 3. The van der Waals surface area contributed by atoms with Crippen LogP contribution in [-0.4, -0.2) is 14.5 Å². The lowest BCUT2D eigenvalue weighted by Crippen LogP contribution is -2.24. The molecule has 0 N–H and O–H groups in total. The Labute approximate surface area is 328 Å². The molecule has 3 heteroatoms. The lowest BCUT2D eigenvalue weighted by Gasteiger charge is -2.37. The van der Waals surface area contributed by atoms with Crippen LogP contribution < -0.4 is 0 Å². The zero-order valence-electron chi connectivity index (χ0n) is 31.6. The Bertz CT molecular complexity index is 2860. The average Bonchev–Trinajstić information content (AvgIpc) is 3.73. The second-order valence-corrected chi connectivity index (χ2v) is 16.1. The summed E-state index contributed by atoms with van der Waals surface area (Å²) in [5, 5.41) is 1.27. The van der Waals surface area contributed by atoms with Crippen molar-refractivity contribution in [2.24, 2.45) is 5.92 Å². The van der Waals surface area contributed by atoms with Gasteiger partial charge in [0.1, 0.15) is 0 Å². The van der Waals surface area contributed by atoms with Gasteiger partial charge in [0.05, 0.1) is 16.9 Å². The molecule has 0 saturated heterocycles. The van der Waals surface area contributed by atoms with Gasteiger partial charge in [0.2, 0.25) is 0 Å². The average molecular weight is 720 g/mol. The van der Waals surface area contributed by atoms with Crippen molar-refractivity contribution in [1.82, 2.24) is 14.5 Å². The molecule has 3 nitrogen and oxygen atoms in total. The second kappa shape index (κ2) is 12.7. The molecule has 5 aromatic carbocycles. The van der Waals surface area contributed by atoms with Crippen LogP contribution in [0.3, 0.4) is 0 Å². The Balaban J connectivity index is 1.14. The molecule has 3 atom stereocenters. The maximum atomic E-state index is 5.24. The smallest absolute Gasteiger partial charge is 0.0706 e. The van der Waals surface area contributed by atoms with E-state index in [1.165, 1.54) is 72.4 Å². The maximum absolute atomic E-state index is 5.24. The number of hydrogen-bond acceptors (Lipinski definition) is 2. The molecule has 0 radical (unpaired) electrons. The normalized spacial score (nSPS) is 18.6. The van der Waals surface area contributed by atoms with E-state index < -0.39 is 0 Å². The molecule has 0 bridgehead atoms. The van der Waals surface area contributed by atoms with Crippen LogP contribution in [0.5, 0.6) is 0 Å². The van der Waals surface area contributed by atoms with Crippen LogP contribution in [-0.2, 0) is 5.41 Å². The van der Waals surface area contributed by atoms with Crippen LogP contribution in [0.4, 0.5) is 0 Å². The van der Waals surface area contributed by atoms with E-state index in [0.29, 0.717) is 11.8 Å². The molecule has 8 aromatic rings. The number of pyridine rings is 2. The number of hydrogen-bond donors (Lipinski definition) is 0. The van der Waals surface area contributed by atoms with E-state index >= 15 is 0 Å². The molecule has 56 heavy (non-hydrogen) atoms. The standard InChI is InChI=1S/C53H41N3/c1-53(2)46-20-10-9-17-41(46)42-24-23-37(33-47(42)53)56-51(36-15-7-4-8-16-36)50(35-13-5-3-6-14-35)45-28-26-40-38-18-11-19-43(39(38)25-27-44(40)52(45)56)49-22-12-21-48(55-49)34-29-31-54-32-30-34/h3-17,19-33,38-39,43H,18H2,1-2H3. The van der Waals surface area contributed by atoms with Crippen LogP contribution in [0, 0.1) is 5.92 Å². The molecule has 0 saturated carbocycles. The van der Waals surface area contributed by atoms with Gasteiger partial charge in [-0.2, -0.15) is 0 Å². The molecule has 11 rings (SSSR count). The number of allylic oxidation sites excluding steroid dienone is 3. The van der Waals surface area contributed by atoms with Crippen LogP contribution in [0.2, 0.25) is 0 Å². The van der Waals surface area contributed by atoms with Gasteiger partial charge in [0, 0.05) is 57.2 Å². The van der Waals surface area contributed by atoms with Gasteiger partial charge >= 0.3 is 0 Å². The van der Waals surface area contributed by atoms with Crippen molar-refractivity contribution in [3.8, 4) is 50.5 Å². The highest BCUT2D eigenvalue weighted by Crippen LogP contribution is 2.53. The van der Waals surface area contributed by atoms with Crippen molar-refractivity contribution < 1.29 is 0 Å². The highest BCUT2D eigenvalue weighted by Gasteiger charge is 2.38. The number of fused-ring (bicyclic) bond motifs is 8. The van der Waals surface area contributed by atoms with Crippen LogP contribution in [0.25, 0.3) is 67.4 Å². The molecular formula is C53H41N3. The Kier molecular flexibility index (Phi) is 7.47. The predicted molar refractivity (Wildman–Crippen MR) is 231 cm³/mol. The Morgan fingerprint density at radius 2 is 1.39 bits per heavy atom. The summed E-state index contributed by atoms with van der Waals surface area (Å²) in [6, 6.07) is 53.5. The van der Waals surface area contributed by atoms with Gasteiger partial charge in [-0.1, -0.05) is 147 Å². The van der Waals surface area contributed by atoms with Gasteiger partial charge in [-0.15, -0.1) is 0 Å². The largest absolute Gasteiger partial charge is 0.308 e. The van der Waals surface area contributed by atoms with E-state index in [2.05, 4.69) is 181 Å². The van der Waals surface area contributed by atoms with E-state index in [4.69, 9.17) is 4.98 Å². The van der Waals surface area contributed by atoms with Crippen molar-refractivity contribution in [3.63, 3.8) is 0 Å². The zero-order chi connectivity index (χ0) is 37.4. The molecule has 0 spiro atoms. The van der Waals surface area contributed by atoms with Gasteiger partial charge in [-0.3, -0.25) is 9.97 Å². The first kappa shape index (κ1) is 32.8. The highest BCUT2D eigenvalue weighted by atomic mass is 15.0. The lowest BCUT2D eigenvalue weighted by atomic mass is 9.68. The summed E-state index contributed by atoms with van der Waals surface area (Å²) < 4.78 is 2.59. The molecule has 268 valence electrons. The molecule has 3 aliphatic rings. The van der Waals surface area contributed by atoms with E-state index in [1.807, 2.05) is 24.5 Å². The first-order valence-corrected chi connectivity index (χ1v) is 19.9. The first-order valence-electron chi connectivity index (χ1n) is 19.9. The number of benzene rings is 5. The van der Waals surface area contributed by atoms with Crippen molar-refractivity contribution in [2.45, 2.75) is 37.5 Å². The monoisotopic (exact) mass is 719 g/mol. The van der Waals surface area contributed by atoms with E-state index in [-0.39, 0.29) is 11.3 Å². The fraction of sp³-hybridized carbons (Fsp3) is 0.132. The minimum absolute atomic E-state index is 0.112. The number of nitrogens with zero attached hydrogens (tertiary/aromatic N) is 3.